The summed E-state index contributed by atoms with van der Waals surface area (Å²) in [6, 6.07) is 1.85. The number of nitrogens with zero attached hydrogens (tertiary/aromatic N) is 2. The van der Waals surface area contributed by atoms with E-state index < -0.39 is 0 Å². The van der Waals surface area contributed by atoms with E-state index in [1.807, 2.05) is 23.9 Å². The Morgan fingerprint density at radius 1 is 1.47 bits per heavy atom. The number of amides is 1. The monoisotopic (exact) mass is 327 g/mol. The first-order valence-electron chi connectivity index (χ1n) is 6.88. The molecule has 1 unspecified atom stereocenters. The average Bonchev–Trinajstić information content (AvgIpc) is 2.96. The van der Waals surface area contributed by atoms with Gasteiger partial charge in [0.2, 0.25) is 0 Å². The maximum atomic E-state index is 12.1. The molecule has 1 aromatic heterocycles. The lowest BCUT2D eigenvalue weighted by atomic mass is 10.1. The third-order valence-electron chi connectivity index (χ3n) is 3.58. The van der Waals surface area contributed by atoms with Gasteiger partial charge in [0, 0.05) is 30.8 Å². The molecule has 1 amide bonds. The van der Waals surface area contributed by atoms with Crippen molar-refractivity contribution >= 4 is 21.8 Å². The molecule has 0 aromatic carbocycles. The van der Waals surface area contributed by atoms with E-state index in [9.17, 15) is 4.79 Å². The van der Waals surface area contributed by atoms with Gasteiger partial charge in [-0.05, 0) is 53.8 Å². The Hall–Kier alpha value is -0.810. The molecular formula is C14H22BrN3O. The molecule has 1 aliphatic heterocycles. The Labute approximate surface area is 123 Å². The smallest absolute Gasteiger partial charge is 0.267 e. The lowest BCUT2D eigenvalue weighted by Crippen LogP contribution is -2.35. The number of rotatable bonds is 5. The normalized spacial score (nSPS) is 17.6. The summed E-state index contributed by atoms with van der Waals surface area (Å²) >= 11 is 3.38. The molecule has 2 rings (SSSR count). The molecule has 1 aliphatic rings. The topological polar surface area (TPSA) is 37.3 Å². The van der Waals surface area contributed by atoms with Gasteiger partial charge in [-0.15, -0.1) is 0 Å². The fourth-order valence-corrected chi connectivity index (χ4v) is 3.10. The fraction of sp³-hybridized carbons (Fsp3) is 0.643. The van der Waals surface area contributed by atoms with Crippen LogP contribution in [0.2, 0.25) is 0 Å². The van der Waals surface area contributed by atoms with Crippen molar-refractivity contribution in [1.29, 1.82) is 0 Å². The molecule has 1 saturated heterocycles. The van der Waals surface area contributed by atoms with Crippen molar-refractivity contribution in [3.63, 3.8) is 0 Å². The van der Waals surface area contributed by atoms with E-state index in [0.717, 1.165) is 17.6 Å². The van der Waals surface area contributed by atoms with Gasteiger partial charge in [-0.3, -0.25) is 4.79 Å². The number of halogens is 1. The van der Waals surface area contributed by atoms with Crippen LogP contribution < -0.4 is 5.32 Å². The SMILES string of the molecule is CC(CNC(=O)c1cc(Br)cn1C)CN1CCCC1. The van der Waals surface area contributed by atoms with Crippen molar-refractivity contribution in [2.75, 3.05) is 26.2 Å². The Kier molecular flexibility index (Phi) is 5.05. The van der Waals surface area contributed by atoms with Crippen LogP contribution in [-0.4, -0.2) is 41.6 Å². The number of carbonyl (C=O) groups excluding carboxylic acids is 1. The predicted molar refractivity (Wildman–Crippen MR) is 80.3 cm³/mol. The molecule has 1 aromatic rings. The molecule has 1 fully saturated rings. The second kappa shape index (κ2) is 6.57. The minimum Gasteiger partial charge on any atom is -0.350 e. The maximum Gasteiger partial charge on any atom is 0.267 e. The van der Waals surface area contributed by atoms with Crippen molar-refractivity contribution in [2.24, 2.45) is 13.0 Å². The summed E-state index contributed by atoms with van der Waals surface area (Å²) in [5.41, 5.74) is 0.695. The Bertz CT molecular complexity index is 438. The van der Waals surface area contributed by atoms with E-state index in [-0.39, 0.29) is 5.91 Å². The largest absolute Gasteiger partial charge is 0.350 e. The summed E-state index contributed by atoms with van der Waals surface area (Å²) in [6.07, 6.45) is 4.52. The molecule has 5 heteroatoms. The van der Waals surface area contributed by atoms with E-state index in [1.54, 1.807) is 0 Å². The standard InChI is InChI=1S/C14H22BrN3O/c1-11(9-18-5-3-4-6-18)8-16-14(19)13-7-12(15)10-17(13)2/h7,10-11H,3-6,8-9H2,1-2H3,(H,16,19). The summed E-state index contributed by atoms with van der Waals surface area (Å²) in [5.74, 6) is 0.493. The highest BCUT2D eigenvalue weighted by Gasteiger charge is 2.16. The van der Waals surface area contributed by atoms with Crippen LogP contribution in [0.15, 0.2) is 16.7 Å². The number of hydrogen-bond acceptors (Lipinski definition) is 2. The first-order chi connectivity index (χ1) is 9.06. The molecule has 0 saturated carbocycles. The average molecular weight is 328 g/mol. The third-order valence-corrected chi connectivity index (χ3v) is 4.02. The summed E-state index contributed by atoms with van der Waals surface area (Å²) < 4.78 is 2.77. The summed E-state index contributed by atoms with van der Waals surface area (Å²) in [5, 5.41) is 3.02. The number of likely N-dealkylation sites (tertiary alicyclic amines) is 1. The highest BCUT2D eigenvalue weighted by molar-refractivity contribution is 9.10. The molecule has 19 heavy (non-hydrogen) atoms. The number of aromatic nitrogens is 1. The Morgan fingerprint density at radius 2 is 2.16 bits per heavy atom. The second-order valence-electron chi connectivity index (χ2n) is 5.48. The van der Waals surface area contributed by atoms with E-state index in [1.165, 1.54) is 25.9 Å². The van der Waals surface area contributed by atoms with Gasteiger partial charge in [0.1, 0.15) is 5.69 Å². The molecule has 106 valence electrons. The lowest BCUT2D eigenvalue weighted by Gasteiger charge is -2.20. The maximum absolute atomic E-state index is 12.1. The predicted octanol–water partition coefficient (Wildman–Crippen LogP) is 2.25. The fourth-order valence-electron chi connectivity index (χ4n) is 2.58. The summed E-state index contributed by atoms with van der Waals surface area (Å²) in [6.45, 7) is 6.43. The van der Waals surface area contributed by atoms with Crippen LogP contribution in [0.4, 0.5) is 0 Å². The zero-order chi connectivity index (χ0) is 13.8. The third kappa shape index (κ3) is 4.08. The number of hydrogen-bond donors (Lipinski definition) is 1. The van der Waals surface area contributed by atoms with E-state index >= 15 is 0 Å². The molecule has 1 atom stereocenters. The quantitative estimate of drug-likeness (QED) is 0.900. The molecule has 0 bridgehead atoms. The molecule has 4 nitrogen and oxygen atoms in total. The van der Waals surface area contributed by atoms with Gasteiger partial charge < -0.3 is 14.8 Å². The van der Waals surface area contributed by atoms with Crippen LogP contribution in [0.1, 0.15) is 30.3 Å². The van der Waals surface area contributed by atoms with Gasteiger partial charge >= 0.3 is 0 Å². The van der Waals surface area contributed by atoms with Gasteiger partial charge in [-0.2, -0.15) is 0 Å². The second-order valence-corrected chi connectivity index (χ2v) is 6.39. The van der Waals surface area contributed by atoms with Crippen molar-refractivity contribution in [3.8, 4) is 0 Å². The van der Waals surface area contributed by atoms with Crippen molar-refractivity contribution in [3.05, 3.63) is 22.4 Å². The summed E-state index contributed by atoms with van der Waals surface area (Å²) in [7, 11) is 1.88. The van der Waals surface area contributed by atoms with Gasteiger partial charge in [-0.25, -0.2) is 0 Å². The van der Waals surface area contributed by atoms with Crippen LogP contribution in [0, 0.1) is 5.92 Å². The number of aryl methyl sites for hydroxylation is 1. The van der Waals surface area contributed by atoms with Gasteiger partial charge in [0.15, 0.2) is 0 Å². The zero-order valence-corrected chi connectivity index (χ0v) is 13.2. The first-order valence-corrected chi connectivity index (χ1v) is 7.68. The van der Waals surface area contributed by atoms with Gasteiger partial charge in [0.25, 0.3) is 5.91 Å². The van der Waals surface area contributed by atoms with Crippen molar-refractivity contribution in [1.82, 2.24) is 14.8 Å². The Morgan fingerprint density at radius 3 is 2.74 bits per heavy atom. The van der Waals surface area contributed by atoms with E-state index in [0.29, 0.717) is 11.6 Å². The molecule has 1 N–H and O–H groups in total. The lowest BCUT2D eigenvalue weighted by molar-refractivity contribution is 0.0937. The summed E-state index contributed by atoms with van der Waals surface area (Å²) in [4.78, 5) is 14.5. The molecule has 0 spiro atoms. The first kappa shape index (κ1) is 14.6. The highest BCUT2D eigenvalue weighted by atomic mass is 79.9. The minimum atomic E-state index is 0.00136. The highest BCUT2D eigenvalue weighted by Crippen LogP contribution is 2.14. The minimum absolute atomic E-state index is 0.00136. The van der Waals surface area contributed by atoms with Crippen LogP contribution in [0.5, 0.6) is 0 Å². The molecular weight excluding hydrogens is 306 g/mol. The van der Waals surface area contributed by atoms with Crippen molar-refractivity contribution in [2.45, 2.75) is 19.8 Å². The van der Waals surface area contributed by atoms with Gasteiger partial charge in [-0.1, -0.05) is 6.92 Å². The van der Waals surface area contributed by atoms with Crippen LogP contribution >= 0.6 is 15.9 Å². The van der Waals surface area contributed by atoms with E-state index in [2.05, 4.69) is 33.1 Å². The number of nitrogens with one attached hydrogen (secondary N) is 1. The molecule has 0 aliphatic carbocycles. The number of carbonyl (C=O) groups is 1. The van der Waals surface area contributed by atoms with Crippen LogP contribution in [0.3, 0.4) is 0 Å². The Balaban J connectivity index is 1.78. The van der Waals surface area contributed by atoms with Crippen molar-refractivity contribution < 1.29 is 4.79 Å². The van der Waals surface area contributed by atoms with Crippen LogP contribution in [-0.2, 0) is 7.05 Å². The molecule has 2 heterocycles. The van der Waals surface area contributed by atoms with E-state index in [4.69, 9.17) is 0 Å². The van der Waals surface area contributed by atoms with Crippen LogP contribution in [0.25, 0.3) is 0 Å². The zero-order valence-electron chi connectivity index (χ0n) is 11.7. The van der Waals surface area contributed by atoms with Gasteiger partial charge in [0.05, 0.1) is 0 Å². The molecule has 0 radical (unpaired) electrons.